The maximum atomic E-state index is 13.6. The molecule has 38 heavy (non-hydrogen) atoms. The van der Waals surface area contributed by atoms with Gasteiger partial charge in [0.15, 0.2) is 0 Å². The molecule has 1 aromatic heterocycles. The van der Waals surface area contributed by atoms with Crippen molar-refractivity contribution in [2.45, 2.75) is 37.4 Å². The van der Waals surface area contributed by atoms with Crippen LogP contribution >= 0.6 is 0 Å². The fourth-order valence-electron chi connectivity index (χ4n) is 4.49. The van der Waals surface area contributed by atoms with Crippen molar-refractivity contribution < 1.29 is 23.1 Å². The average Bonchev–Trinajstić information content (AvgIpc) is 2.91. The molecule has 0 aliphatic carbocycles. The summed E-state index contributed by atoms with van der Waals surface area (Å²) in [6.45, 7) is 5.32. The van der Waals surface area contributed by atoms with E-state index in [2.05, 4.69) is 14.6 Å². The number of aliphatic hydroxyl groups is 1. The molecule has 9 nitrogen and oxygen atoms in total. The van der Waals surface area contributed by atoms with Crippen LogP contribution in [0.25, 0.3) is 0 Å². The summed E-state index contributed by atoms with van der Waals surface area (Å²) in [5, 5.41) is 9.88. The number of carbonyl (C=O) groups is 1. The van der Waals surface area contributed by atoms with Gasteiger partial charge in [-0.3, -0.25) is 19.4 Å². The standard InChI is InChI=1S/C28H34N4O5S/c1-20-16-32(21(2)19-33)28(34)25-15-23(30-38(35,36)24-7-5-4-6-8-24)9-10-26(25)37-27(20)18-31(3)17-22-11-13-29-14-12-22/h4-15,20-21,27,30,33H,16-19H2,1-3H3/t20-,21-,27+/m1/s1. The molecule has 1 aliphatic heterocycles. The second kappa shape index (κ2) is 11.9. The van der Waals surface area contributed by atoms with E-state index in [1.807, 2.05) is 26.1 Å². The van der Waals surface area contributed by atoms with Gasteiger partial charge in [-0.2, -0.15) is 0 Å². The van der Waals surface area contributed by atoms with Crippen molar-refractivity contribution in [2.24, 2.45) is 5.92 Å². The van der Waals surface area contributed by atoms with Crippen molar-refractivity contribution in [1.29, 1.82) is 0 Å². The molecule has 3 aromatic rings. The summed E-state index contributed by atoms with van der Waals surface area (Å²) in [5.74, 6) is 0.0247. The third kappa shape index (κ3) is 6.50. The lowest BCUT2D eigenvalue weighted by Crippen LogP contribution is -2.49. The van der Waals surface area contributed by atoms with Gasteiger partial charge >= 0.3 is 0 Å². The Kier molecular flexibility index (Phi) is 8.65. The summed E-state index contributed by atoms with van der Waals surface area (Å²) in [6.07, 6.45) is 3.27. The minimum absolute atomic E-state index is 0.0303. The summed E-state index contributed by atoms with van der Waals surface area (Å²) in [5.41, 5.74) is 1.62. The fourth-order valence-corrected chi connectivity index (χ4v) is 5.56. The monoisotopic (exact) mass is 538 g/mol. The molecule has 4 rings (SSSR count). The van der Waals surface area contributed by atoms with Crippen LogP contribution in [0, 0.1) is 5.92 Å². The van der Waals surface area contributed by atoms with Gasteiger partial charge in [0, 0.05) is 43.6 Å². The number of nitrogens with zero attached hydrogens (tertiary/aromatic N) is 3. The van der Waals surface area contributed by atoms with E-state index in [0.29, 0.717) is 25.4 Å². The Morgan fingerprint density at radius 3 is 2.55 bits per heavy atom. The van der Waals surface area contributed by atoms with Gasteiger partial charge in [0.2, 0.25) is 0 Å². The van der Waals surface area contributed by atoms with E-state index in [0.717, 1.165) is 5.56 Å². The van der Waals surface area contributed by atoms with Crippen LogP contribution in [0.4, 0.5) is 5.69 Å². The maximum absolute atomic E-state index is 13.6. The van der Waals surface area contributed by atoms with Gasteiger partial charge in [0.05, 0.1) is 23.1 Å². The summed E-state index contributed by atoms with van der Waals surface area (Å²) >= 11 is 0. The van der Waals surface area contributed by atoms with Gasteiger partial charge in [0.1, 0.15) is 11.9 Å². The van der Waals surface area contributed by atoms with Crippen LogP contribution in [-0.4, -0.2) is 73.1 Å². The molecule has 0 saturated heterocycles. The van der Waals surface area contributed by atoms with Crippen molar-refractivity contribution in [3.63, 3.8) is 0 Å². The predicted molar refractivity (Wildman–Crippen MR) is 145 cm³/mol. The molecule has 10 heteroatoms. The molecular formula is C28H34N4O5S. The molecule has 0 radical (unpaired) electrons. The minimum Gasteiger partial charge on any atom is -0.488 e. The maximum Gasteiger partial charge on any atom is 0.261 e. The zero-order valence-corrected chi connectivity index (χ0v) is 22.6. The van der Waals surface area contributed by atoms with E-state index < -0.39 is 16.1 Å². The first-order valence-electron chi connectivity index (χ1n) is 12.6. The zero-order valence-electron chi connectivity index (χ0n) is 21.8. The van der Waals surface area contributed by atoms with Crippen LogP contribution in [0.2, 0.25) is 0 Å². The Labute approximate surface area is 224 Å². The predicted octanol–water partition coefficient (Wildman–Crippen LogP) is 3.23. The second-order valence-corrected chi connectivity index (χ2v) is 11.5. The minimum atomic E-state index is -3.84. The van der Waals surface area contributed by atoms with Crippen LogP contribution < -0.4 is 9.46 Å². The molecule has 1 amide bonds. The number of benzene rings is 2. The number of rotatable bonds is 9. The van der Waals surface area contributed by atoms with Crippen molar-refractivity contribution >= 4 is 21.6 Å². The number of likely N-dealkylation sites (N-methyl/N-ethyl adjacent to an activating group) is 1. The van der Waals surface area contributed by atoms with Gasteiger partial charge in [-0.15, -0.1) is 0 Å². The number of ether oxygens (including phenoxy) is 1. The number of nitrogens with one attached hydrogen (secondary N) is 1. The molecule has 202 valence electrons. The molecule has 0 unspecified atom stereocenters. The van der Waals surface area contributed by atoms with E-state index in [1.54, 1.807) is 54.5 Å². The van der Waals surface area contributed by atoms with Gasteiger partial charge in [0.25, 0.3) is 15.9 Å². The molecule has 2 aromatic carbocycles. The van der Waals surface area contributed by atoms with Crippen molar-refractivity contribution in [2.75, 3.05) is 31.5 Å². The number of fused-ring (bicyclic) bond motifs is 1. The van der Waals surface area contributed by atoms with Crippen LogP contribution in [0.15, 0.2) is 78.0 Å². The molecule has 0 spiro atoms. The Morgan fingerprint density at radius 2 is 1.87 bits per heavy atom. The van der Waals surface area contributed by atoms with E-state index in [-0.39, 0.29) is 40.7 Å². The van der Waals surface area contributed by atoms with Crippen molar-refractivity contribution in [3.8, 4) is 5.75 Å². The summed E-state index contributed by atoms with van der Waals surface area (Å²) in [6, 6.07) is 16.3. The Balaban J connectivity index is 1.63. The van der Waals surface area contributed by atoms with Gasteiger partial charge in [-0.1, -0.05) is 25.1 Å². The Bertz CT molecular complexity index is 1340. The third-order valence-corrected chi connectivity index (χ3v) is 8.06. The number of pyridine rings is 1. The van der Waals surface area contributed by atoms with E-state index >= 15 is 0 Å². The smallest absolute Gasteiger partial charge is 0.261 e. The van der Waals surface area contributed by atoms with Crippen LogP contribution in [0.1, 0.15) is 29.8 Å². The Hall–Kier alpha value is -3.47. The molecule has 3 atom stereocenters. The number of aromatic nitrogens is 1. The third-order valence-electron chi connectivity index (χ3n) is 6.66. The molecule has 0 saturated carbocycles. The lowest BCUT2D eigenvalue weighted by molar-refractivity contribution is 0.0341. The number of carbonyl (C=O) groups excluding carboxylic acids is 1. The Morgan fingerprint density at radius 1 is 1.16 bits per heavy atom. The first-order chi connectivity index (χ1) is 18.2. The fraction of sp³-hybridized carbons (Fsp3) is 0.357. The van der Waals surface area contributed by atoms with E-state index in [1.165, 1.54) is 18.2 Å². The highest BCUT2D eigenvalue weighted by Gasteiger charge is 2.33. The topological polar surface area (TPSA) is 112 Å². The highest BCUT2D eigenvalue weighted by atomic mass is 32.2. The number of aliphatic hydroxyl groups excluding tert-OH is 1. The van der Waals surface area contributed by atoms with Gasteiger partial charge in [-0.05, 0) is 62.0 Å². The van der Waals surface area contributed by atoms with Crippen molar-refractivity contribution in [1.82, 2.24) is 14.8 Å². The SMILES string of the molecule is C[C@@H]1CN([C@H](C)CO)C(=O)c2cc(NS(=O)(=O)c3ccccc3)ccc2O[C@H]1CN(C)Cc1ccncc1. The zero-order chi connectivity index (χ0) is 27.3. The van der Waals surface area contributed by atoms with Crippen LogP contribution in [0.5, 0.6) is 5.75 Å². The molecule has 2 N–H and O–H groups in total. The lowest BCUT2D eigenvalue weighted by atomic mass is 9.99. The van der Waals surface area contributed by atoms with E-state index in [9.17, 15) is 18.3 Å². The number of hydrogen-bond donors (Lipinski definition) is 2. The quantitative estimate of drug-likeness (QED) is 0.430. The number of sulfonamides is 1. The average molecular weight is 539 g/mol. The highest BCUT2D eigenvalue weighted by molar-refractivity contribution is 7.92. The second-order valence-electron chi connectivity index (χ2n) is 9.80. The number of amides is 1. The molecule has 0 fully saturated rings. The van der Waals surface area contributed by atoms with Gasteiger partial charge < -0.3 is 14.7 Å². The summed E-state index contributed by atoms with van der Waals surface area (Å²) < 4.78 is 34.7. The molecular weight excluding hydrogens is 504 g/mol. The van der Waals surface area contributed by atoms with Crippen LogP contribution in [-0.2, 0) is 16.6 Å². The first kappa shape index (κ1) is 27.6. The molecule has 0 bridgehead atoms. The first-order valence-corrected chi connectivity index (χ1v) is 14.0. The molecule has 2 heterocycles. The molecule has 1 aliphatic rings. The highest BCUT2D eigenvalue weighted by Crippen LogP contribution is 2.31. The lowest BCUT2D eigenvalue weighted by Gasteiger charge is -2.38. The normalized spacial score (nSPS) is 18.8. The van der Waals surface area contributed by atoms with Crippen LogP contribution in [0.3, 0.4) is 0 Å². The van der Waals surface area contributed by atoms with Crippen molar-refractivity contribution in [3.05, 3.63) is 84.2 Å². The summed E-state index contributed by atoms with van der Waals surface area (Å²) in [7, 11) is -1.83. The largest absolute Gasteiger partial charge is 0.488 e. The van der Waals surface area contributed by atoms with Gasteiger partial charge in [-0.25, -0.2) is 8.42 Å². The number of anilines is 1. The number of hydrogen-bond acceptors (Lipinski definition) is 7. The summed E-state index contributed by atoms with van der Waals surface area (Å²) in [4.78, 5) is 21.6. The van der Waals surface area contributed by atoms with E-state index in [4.69, 9.17) is 4.74 Å².